The number of hydrogen-bond acceptors (Lipinski definition) is 6. The zero-order valence-electron chi connectivity index (χ0n) is 13.7. The molecule has 0 radical (unpaired) electrons. The van der Waals surface area contributed by atoms with Crippen LogP contribution in [0.15, 0.2) is 34.9 Å². The van der Waals surface area contributed by atoms with E-state index in [1.165, 1.54) is 7.11 Å². The summed E-state index contributed by atoms with van der Waals surface area (Å²) in [4.78, 5) is 36.2. The number of anilines is 2. The minimum Gasteiger partial charge on any atom is -0.465 e. The average molecular weight is 343 g/mol. The van der Waals surface area contributed by atoms with Crippen molar-refractivity contribution in [3.63, 3.8) is 0 Å². The minimum atomic E-state index is -0.539. The van der Waals surface area contributed by atoms with Gasteiger partial charge in [-0.05, 0) is 25.5 Å². The number of aromatic nitrogens is 1. The number of esters is 1. The van der Waals surface area contributed by atoms with E-state index >= 15 is 0 Å². The summed E-state index contributed by atoms with van der Waals surface area (Å²) in [7, 11) is 1.27. The van der Waals surface area contributed by atoms with Crippen molar-refractivity contribution in [3.05, 3.63) is 41.7 Å². The van der Waals surface area contributed by atoms with Gasteiger partial charge >= 0.3 is 5.97 Å². The molecule has 1 aromatic heterocycles. The Morgan fingerprint density at radius 3 is 2.48 bits per heavy atom. The smallest absolute Gasteiger partial charge is 0.339 e. The molecule has 8 nitrogen and oxygen atoms in total. The summed E-state index contributed by atoms with van der Waals surface area (Å²) >= 11 is 0. The molecule has 2 amide bonds. The van der Waals surface area contributed by atoms with Gasteiger partial charge in [-0.3, -0.25) is 9.59 Å². The second-order valence-corrected chi connectivity index (χ2v) is 5.79. The topological polar surface area (TPSA) is 111 Å². The minimum absolute atomic E-state index is 0.262. The molecule has 1 heterocycles. The molecule has 0 aliphatic heterocycles. The SMILES string of the molecule is COC(=O)c1ccccc1NC(=O)C1CC1C(=O)Nc1cc(C)on1. The molecule has 2 N–H and O–H groups in total. The van der Waals surface area contributed by atoms with Gasteiger partial charge in [-0.15, -0.1) is 0 Å². The Labute approximate surface area is 143 Å². The number of carbonyl (C=O) groups is 3. The second kappa shape index (κ2) is 6.76. The quantitative estimate of drug-likeness (QED) is 0.803. The van der Waals surface area contributed by atoms with Crippen LogP contribution in [0.2, 0.25) is 0 Å². The van der Waals surface area contributed by atoms with Gasteiger partial charge in [0.25, 0.3) is 0 Å². The third-order valence-electron chi connectivity index (χ3n) is 3.93. The first-order chi connectivity index (χ1) is 12.0. The van der Waals surface area contributed by atoms with Crippen LogP contribution in [0.3, 0.4) is 0 Å². The van der Waals surface area contributed by atoms with Gasteiger partial charge in [-0.25, -0.2) is 4.79 Å². The first-order valence-corrected chi connectivity index (χ1v) is 7.72. The van der Waals surface area contributed by atoms with Gasteiger partial charge in [0, 0.05) is 6.07 Å². The molecule has 8 heteroatoms. The van der Waals surface area contributed by atoms with E-state index in [1.807, 2.05) is 0 Å². The summed E-state index contributed by atoms with van der Waals surface area (Å²) in [6, 6.07) is 8.15. The van der Waals surface area contributed by atoms with E-state index in [4.69, 9.17) is 9.26 Å². The van der Waals surface area contributed by atoms with Crippen molar-refractivity contribution in [2.45, 2.75) is 13.3 Å². The summed E-state index contributed by atoms with van der Waals surface area (Å²) in [5.41, 5.74) is 0.621. The van der Waals surface area contributed by atoms with Crippen molar-refractivity contribution in [1.82, 2.24) is 5.16 Å². The van der Waals surface area contributed by atoms with Crippen molar-refractivity contribution < 1.29 is 23.6 Å². The standard InChI is InChI=1S/C17H17N3O5/c1-9-7-14(20-25-9)19-16(22)12-8-11(12)15(21)18-13-6-4-3-5-10(13)17(23)24-2/h3-7,11-12H,8H2,1-2H3,(H,18,21)(H,19,20,22). The Hall–Kier alpha value is -3.16. The number of methoxy groups -OCH3 is 1. The highest BCUT2D eigenvalue weighted by atomic mass is 16.5. The highest BCUT2D eigenvalue weighted by Gasteiger charge is 2.48. The van der Waals surface area contributed by atoms with E-state index in [0.717, 1.165) is 0 Å². The van der Waals surface area contributed by atoms with Gasteiger partial charge in [0.15, 0.2) is 5.82 Å². The molecule has 1 aliphatic carbocycles. The molecule has 0 spiro atoms. The molecule has 25 heavy (non-hydrogen) atoms. The molecule has 2 aromatic rings. The summed E-state index contributed by atoms with van der Waals surface area (Å²) < 4.78 is 9.57. The molecule has 0 saturated heterocycles. The van der Waals surface area contributed by atoms with E-state index in [2.05, 4.69) is 15.8 Å². The van der Waals surface area contributed by atoms with Crippen molar-refractivity contribution in [3.8, 4) is 0 Å². The molecule has 2 unspecified atom stereocenters. The molecule has 1 saturated carbocycles. The zero-order chi connectivity index (χ0) is 18.0. The van der Waals surface area contributed by atoms with Gasteiger partial charge in [0.05, 0.1) is 30.2 Å². The Kier molecular flexibility index (Phi) is 4.51. The molecular weight excluding hydrogens is 326 g/mol. The summed E-state index contributed by atoms with van der Waals surface area (Å²) in [5.74, 6) is -1.10. The number of amides is 2. The Bertz CT molecular complexity index is 829. The average Bonchev–Trinajstić information content (AvgIpc) is 3.31. The maximum absolute atomic E-state index is 12.3. The molecule has 3 rings (SSSR count). The van der Waals surface area contributed by atoms with Gasteiger partial charge in [0.1, 0.15) is 5.76 Å². The number of benzene rings is 1. The van der Waals surface area contributed by atoms with Gasteiger partial charge in [0.2, 0.25) is 11.8 Å². The number of rotatable bonds is 5. The normalized spacial score (nSPS) is 18.3. The van der Waals surface area contributed by atoms with Gasteiger partial charge in [-0.1, -0.05) is 17.3 Å². The van der Waals surface area contributed by atoms with E-state index in [9.17, 15) is 14.4 Å². The fourth-order valence-electron chi connectivity index (χ4n) is 2.52. The summed E-state index contributed by atoms with van der Waals surface area (Å²) in [6.07, 6.45) is 0.439. The fourth-order valence-corrected chi connectivity index (χ4v) is 2.52. The number of hydrogen-bond donors (Lipinski definition) is 2. The van der Waals surface area contributed by atoms with Gasteiger partial charge < -0.3 is 19.9 Å². The largest absolute Gasteiger partial charge is 0.465 e. The van der Waals surface area contributed by atoms with Crippen LogP contribution in [-0.4, -0.2) is 30.1 Å². The maximum atomic E-state index is 12.3. The Morgan fingerprint density at radius 1 is 1.16 bits per heavy atom. The van der Waals surface area contributed by atoms with Crippen LogP contribution in [0.4, 0.5) is 11.5 Å². The van der Waals surface area contributed by atoms with Crippen LogP contribution in [0.5, 0.6) is 0 Å². The first-order valence-electron chi connectivity index (χ1n) is 7.72. The number of nitrogens with zero attached hydrogens (tertiary/aromatic N) is 1. The van der Waals surface area contributed by atoms with Crippen LogP contribution in [0.25, 0.3) is 0 Å². The highest BCUT2D eigenvalue weighted by molar-refractivity contribution is 6.06. The van der Waals surface area contributed by atoms with Crippen LogP contribution in [0.1, 0.15) is 22.5 Å². The summed E-state index contributed by atoms with van der Waals surface area (Å²) in [6.45, 7) is 1.72. The lowest BCUT2D eigenvalue weighted by molar-refractivity contribution is -0.122. The Balaban J connectivity index is 1.60. The van der Waals surface area contributed by atoms with E-state index in [1.54, 1.807) is 37.3 Å². The second-order valence-electron chi connectivity index (χ2n) is 5.79. The lowest BCUT2D eigenvalue weighted by Crippen LogP contribution is -2.21. The Morgan fingerprint density at radius 2 is 1.84 bits per heavy atom. The van der Waals surface area contributed by atoms with Crippen molar-refractivity contribution in [2.75, 3.05) is 17.7 Å². The number of carbonyl (C=O) groups excluding carboxylic acids is 3. The predicted molar refractivity (Wildman–Crippen MR) is 87.9 cm³/mol. The van der Waals surface area contributed by atoms with Crippen LogP contribution in [0, 0.1) is 18.8 Å². The highest BCUT2D eigenvalue weighted by Crippen LogP contribution is 2.40. The first kappa shape index (κ1) is 16.7. The van der Waals surface area contributed by atoms with E-state index < -0.39 is 17.8 Å². The third kappa shape index (κ3) is 3.68. The fraction of sp³-hybridized carbons (Fsp3) is 0.294. The molecule has 1 fully saturated rings. The van der Waals surface area contributed by atoms with Crippen LogP contribution < -0.4 is 10.6 Å². The number of para-hydroxylation sites is 1. The van der Waals surface area contributed by atoms with E-state index in [0.29, 0.717) is 23.7 Å². The van der Waals surface area contributed by atoms with Crippen molar-refractivity contribution in [1.29, 1.82) is 0 Å². The monoisotopic (exact) mass is 343 g/mol. The molecule has 0 bridgehead atoms. The molecule has 1 aromatic carbocycles. The maximum Gasteiger partial charge on any atom is 0.339 e. The number of aryl methyl sites for hydroxylation is 1. The lowest BCUT2D eigenvalue weighted by atomic mass is 10.1. The zero-order valence-corrected chi connectivity index (χ0v) is 13.7. The summed E-state index contributed by atoms with van der Waals surface area (Å²) in [5, 5.41) is 8.99. The molecule has 130 valence electrons. The molecular formula is C17H17N3O5. The van der Waals surface area contributed by atoms with Crippen LogP contribution in [-0.2, 0) is 14.3 Å². The molecule has 1 aliphatic rings. The lowest BCUT2D eigenvalue weighted by Gasteiger charge is -2.09. The third-order valence-corrected chi connectivity index (χ3v) is 3.93. The number of ether oxygens (including phenoxy) is 1. The van der Waals surface area contributed by atoms with E-state index in [-0.39, 0.29) is 17.4 Å². The number of nitrogens with one attached hydrogen (secondary N) is 2. The molecule has 2 atom stereocenters. The van der Waals surface area contributed by atoms with Crippen molar-refractivity contribution >= 4 is 29.3 Å². The van der Waals surface area contributed by atoms with Crippen LogP contribution >= 0.6 is 0 Å². The predicted octanol–water partition coefficient (Wildman–Crippen LogP) is 1.98. The van der Waals surface area contributed by atoms with Gasteiger partial charge in [-0.2, -0.15) is 0 Å². The van der Waals surface area contributed by atoms with Crippen molar-refractivity contribution in [2.24, 2.45) is 11.8 Å².